The minimum atomic E-state index is -0.00925. The molecule has 2 aromatic rings. The number of carbonyl (C=O) groups is 1. The van der Waals surface area contributed by atoms with Crippen molar-refractivity contribution < 1.29 is 4.79 Å². The third-order valence-electron chi connectivity index (χ3n) is 4.01. The summed E-state index contributed by atoms with van der Waals surface area (Å²) in [6.45, 7) is 0.710. The topological polar surface area (TPSA) is 42.0 Å². The van der Waals surface area contributed by atoms with Crippen molar-refractivity contribution in [2.75, 3.05) is 6.54 Å². The van der Waals surface area contributed by atoms with Crippen LogP contribution in [-0.2, 0) is 0 Å². The van der Waals surface area contributed by atoms with E-state index in [0.29, 0.717) is 12.1 Å². The Kier molecular flexibility index (Phi) is 4.29. The molecule has 0 aliphatic heterocycles. The molecule has 0 bridgehead atoms. The van der Waals surface area contributed by atoms with Gasteiger partial charge in [-0.05, 0) is 50.3 Å². The predicted molar refractivity (Wildman–Crippen MR) is 85.2 cm³/mol. The van der Waals surface area contributed by atoms with E-state index in [0.717, 1.165) is 17.3 Å². The zero-order valence-corrected chi connectivity index (χ0v) is 12.1. The van der Waals surface area contributed by atoms with Crippen molar-refractivity contribution in [1.29, 1.82) is 0 Å². The summed E-state index contributed by atoms with van der Waals surface area (Å²) in [7, 11) is 0. The summed E-state index contributed by atoms with van der Waals surface area (Å²) < 4.78 is 0. The van der Waals surface area contributed by atoms with Gasteiger partial charge in [-0.2, -0.15) is 0 Å². The van der Waals surface area contributed by atoms with Gasteiger partial charge in [0.2, 0.25) is 0 Å². The van der Waals surface area contributed by atoms with Crippen LogP contribution in [0.2, 0.25) is 0 Å². The molecule has 0 radical (unpaired) electrons. The van der Waals surface area contributed by atoms with Gasteiger partial charge in [0.25, 0.3) is 5.91 Å². The van der Waals surface area contributed by atoms with Crippen LogP contribution < -0.4 is 5.32 Å². The number of fused-ring (bicyclic) bond motifs is 1. The van der Waals surface area contributed by atoms with Crippen LogP contribution in [0.3, 0.4) is 0 Å². The number of nitrogens with one attached hydrogen (secondary N) is 1. The first-order valence-electron chi connectivity index (χ1n) is 7.64. The Morgan fingerprint density at radius 2 is 2.14 bits per heavy atom. The van der Waals surface area contributed by atoms with Crippen LogP contribution in [0.25, 0.3) is 10.9 Å². The van der Waals surface area contributed by atoms with E-state index in [1.807, 2.05) is 30.3 Å². The monoisotopic (exact) mass is 280 g/mol. The number of allylic oxidation sites excluding steroid dienone is 1. The smallest absolute Gasteiger partial charge is 0.251 e. The van der Waals surface area contributed by atoms with Crippen molar-refractivity contribution in [3.63, 3.8) is 0 Å². The Labute approximate surface area is 125 Å². The summed E-state index contributed by atoms with van der Waals surface area (Å²) in [6, 6.07) is 9.49. The minimum Gasteiger partial charge on any atom is -0.352 e. The lowest BCUT2D eigenvalue weighted by Crippen LogP contribution is -2.25. The molecular weight excluding hydrogens is 260 g/mol. The van der Waals surface area contributed by atoms with Crippen LogP contribution in [0.4, 0.5) is 0 Å². The normalized spacial score (nSPS) is 14.8. The van der Waals surface area contributed by atoms with Gasteiger partial charge >= 0.3 is 0 Å². The van der Waals surface area contributed by atoms with Gasteiger partial charge < -0.3 is 5.32 Å². The van der Waals surface area contributed by atoms with Gasteiger partial charge in [0.05, 0.1) is 5.52 Å². The van der Waals surface area contributed by atoms with Crippen molar-refractivity contribution in [3.05, 3.63) is 53.7 Å². The Morgan fingerprint density at radius 1 is 1.19 bits per heavy atom. The Hall–Kier alpha value is -2.16. The highest BCUT2D eigenvalue weighted by atomic mass is 16.1. The van der Waals surface area contributed by atoms with Gasteiger partial charge in [-0.15, -0.1) is 0 Å². The van der Waals surface area contributed by atoms with Gasteiger partial charge in [-0.25, -0.2) is 0 Å². The second-order valence-corrected chi connectivity index (χ2v) is 5.49. The molecule has 108 valence electrons. The summed E-state index contributed by atoms with van der Waals surface area (Å²) in [6.07, 6.45) is 10.0. The number of rotatable bonds is 4. The highest BCUT2D eigenvalue weighted by Crippen LogP contribution is 2.20. The highest BCUT2D eigenvalue weighted by molar-refractivity contribution is 6.06. The third kappa shape index (κ3) is 3.30. The predicted octanol–water partition coefficient (Wildman–Crippen LogP) is 3.86. The van der Waals surface area contributed by atoms with E-state index < -0.39 is 0 Å². The summed E-state index contributed by atoms with van der Waals surface area (Å²) in [5.41, 5.74) is 3.06. The lowest BCUT2D eigenvalue weighted by atomic mass is 9.97. The third-order valence-corrected chi connectivity index (χ3v) is 4.01. The van der Waals surface area contributed by atoms with E-state index in [4.69, 9.17) is 0 Å². The van der Waals surface area contributed by atoms with Gasteiger partial charge in [-0.1, -0.05) is 23.8 Å². The van der Waals surface area contributed by atoms with Crippen molar-refractivity contribution in [2.24, 2.45) is 0 Å². The van der Waals surface area contributed by atoms with Crippen LogP contribution in [0.15, 0.2) is 48.2 Å². The molecule has 21 heavy (non-hydrogen) atoms. The van der Waals surface area contributed by atoms with Crippen LogP contribution in [0.1, 0.15) is 42.5 Å². The zero-order valence-electron chi connectivity index (χ0n) is 12.1. The van der Waals surface area contributed by atoms with Gasteiger partial charge in [0, 0.05) is 23.7 Å². The molecule has 0 atom stereocenters. The summed E-state index contributed by atoms with van der Waals surface area (Å²) in [5, 5.41) is 3.94. The highest BCUT2D eigenvalue weighted by Gasteiger charge is 2.10. The molecule has 0 fully saturated rings. The van der Waals surface area contributed by atoms with E-state index in [-0.39, 0.29) is 5.91 Å². The number of carbonyl (C=O) groups excluding carboxylic acids is 1. The van der Waals surface area contributed by atoms with E-state index in [9.17, 15) is 4.79 Å². The zero-order chi connectivity index (χ0) is 14.5. The molecule has 3 nitrogen and oxygen atoms in total. The van der Waals surface area contributed by atoms with E-state index >= 15 is 0 Å². The quantitative estimate of drug-likeness (QED) is 0.864. The first kappa shape index (κ1) is 13.8. The molecule has 1 aromatic carbocycles. The summed E-state index contributed by atoms with van der Waals surface area (Å²) in [4.78, 5) is 16.6. The van der Waals surface area contributed by atoms with Crippen LogP contribution >= 0.6 is 0 Å². The number of amides is 1. The van der Waals surface area contributed by atoms with Crippen molar-refractivity contribution in [1.82, 2.24) is 10.3 Å². The van der Waals surface area contributed by atoms with Gasteiger partial charge in [-0.3, -0.25) is 9.78 Å². The SMILES string of the molecule is O=C(NCCC1=CCCCC1)c1cccc2ncccc12. The first-order chi connectivity index (χ1) is 10.3. The van der Waals surface area contributed by atoms with Gasteiger partial charge in [0.15, 0.2) is 0 Å². The number of nitrogens with zero attached hydrogens (tertiary/aromatic N) is 1. The lowest BCUT2D eigenvalue weighted by Gasteiger charge is -2.13. The number of hydrogen-bond acceptors (Lipinski definition) is 2. The second-order valence-electron chi connectivity index (χ2n) is 5.49. The largest absolute Gasteiger partial charge is 0.352 e. The van der Waals surface area contributed by atoms with Crippen LogP contribution in [0, 0.1) is 0 Å². The second kappa shape index (κ2) is 6.53. The maximum atomic E-state index is 12.3. The lowest BCUT2D eigenvalue weighted by molar-refractivity contribution is 0.0955. The van der Waals surface area contributed by atoms with E-state index in [1.165, 1.54) is 31.3 Å². The average Bonchev–Trinajstić information content (AvgIpc) is 2.55. The minimum absolute atomic E-state index is 0.00925. The summed E-state index contributed by atoms with van der Waals surface area (Å²) >= 11 is 0. The van der Waals surface area contributed by atoms with Crippen molar-refractivity contribution in [2.45, 2.75) is 32.1 Å². The molecule has 0 saturated carbocycles. The summed E-state index contributed by atoms with van der Waals surface area (Å²) in [5.74, 6) is -0.00925. The molecule has 1 heterocycles. The molecular formula is C18H20N2O. The number of pyridine rings is 1. The molecule has 1 aliphatic rings. The molecule has 0 spiro atoms. The van der Waals surface area contributed by atoms with Gasteiger partial charge in [0.1, 0.15) is 0 Å². The number of benzene rings is 1. The fourth-order valence-electron chi connectivity index (χ4n) is 2.86. The van der Waals surface area contributed by atoms with Crippen molar-refractivity contribution in [3.8, 4) is 0 Å². The molecule has 0 unspecified atom stereocenters. The molecule has 1 aromatic heterocycles. The molecule has 3 rings (SSSR count). The number of hydrogen-bond donors (Lipinski definition) is 1. The molecule has 1 amide bonds. The average molecular weight is 280 g/mol. The van der Waals surface area contributed by atoms with Crippen molar-refractivity contribution >= 4 is 16.8 Å². The number of aromatic nitrogens is 1. The molecule has 0 saturated heterocycles. The molecule has 1 N–H and O–H groups in total. The Bertz CT molecular complexity index is 670. The fraction of sp³-hybridized carbons (Fsp3) is 0.333. The molecule has 1 aliphatic carbocycles. The standard InChI is InChI=1S/C18H20N2O/c21-18(20-13-11-14-6-2-1-3-7-14)16-8-4-10-17-15(16)9-5-12-19-17/h4-6,8-10,12H,1-3,7,11,13H2,(H,20,21). The maximum absolute atomic E-state index is 12.3. The fourth-order valence-corrected chi connectivity index (χ4v) is 2.86. The van der Waals surface area contributed by atoms with Crippen LogP contribution in [-0.4, -0.2) is 17.4 Å². The van der Waals surface area contributed by atoms with E-state index in [2.05, 4.69) is 16.4 Å². The van der Waals surface area contributed by atoms with Crippen LogP contribution in [0.5, 0.6) is 0 Å². The maximum Gasteiger partial charge on any atom is 0.251 e. The Morgan fingerprint density at radius 3 is 3.00 bits per heavy atom. The first-order valence-corrected chi connectivity index (χ1v) is 7.64. The Balaban J connectivity index is 1.65. The molecule has 3 heteroatoms. The van der Waals surface area contributed by atoms with E-state index in [1.54, 1.807) is 6.20 Å².